The molecule has 2 rings (SSSR count). The molecule has 0 bridgehead atoms. The van der Waals surface area contributed by atoms with Gasteiger partial charge >= 0.3 is 6.03 Å². The quantitative estimate of drug-likeness (QED) is 0.737. The van der Waals surface area contributed by atoms with Gasteiger partial charge in [0.1, 0.15) is 0 Å². The monoisotopic (exact) mass is 225 g/mol. The van der Waals surface area contributed by atoms with Crippen LogP contribution < -0.4 is 10.6 Å². The summed E-state index contributed by atoms with van der Waals surface area (Å²) < 4.78 is 0. The third kappa shape index (κ3) is 2.67. The summed E-state index contributed by atoms with van der Waals surface area (Å²) in [6.45, 7) is 7.94. The molecule has 92 valence electrons. The zero-order valence-electron chi connectivity index (χ0n) is 10.3. The van der Waals surface area contributed by atoms with Crippen LogP contribution in [0.4, 0.5) is 4.79 Å². The van der Waals surface area contributed by atoms with Gasteiger partial charge in [0.05, 0.1) is 0 Å². The first-order chi connectivity index (χ1) is 7.66. The van der Waals surface area contributed by atoms with Crippen molar-refractivity contribution in [2.75, 3.05) is 26.2 Å². The summed E-state index contributed by atoms with van der Waals surface area (Å²) in [6, 6.07) is 0.652. The molecule has 2 saturated heterocycles. The van der Waals surface area contributed by atoms with E-state index >= 15 is 0 Å². The van der Waals surface area contributed by atoms with Gasteiger partial charge in [0.2, 0.25) is 0 Å². The van der Waals surface area contributed by atoms with E-state index in [2.05, 4.69) is 24.5 Å². The summed E-state index contributed by atoms with van der Waals surface area (Å²) in [6.07, 6.45) is 2.44. The Morgan fingerprint density at radius 3 is 3.06 bits per heavy atom. The number of fused-ring (bicyclic) bond motifs is 1. The Labute approximate surface area is 97.8 Å². The lowest BCUT2D eigenvalue weighted by Crippen LogP contribution is -2.52. The zero-order chi connectivity index (χ0) is 11.5. The molecule has 0 radical (unpaired) electrons. The first-order valence-electron chi connectivity index (χ1n) is 6.43. The van der Waals surface area contributed by atoms with Gasteiger partial charge in [0, 0.05) is 25.7 Å². The number of carbonyl (C=O) groups is 1. The molecular formula is C12H23N3O. The number of carbonyl (C=O) groups excluding carboxylic acids is 1. The van der Waals surface area contributed by atoms with Crippen LogP contribution in [0, 0.1) is 11.8 Å². The number of nitrogens with zero attached hydrogens (tertiary/aromatic N) is 1. The predicted molar refractivity (Wildman–Crippen MR) is 64.3 cm³/mol. The SMILES string of the molecule is CC(C)CNC(=O)N1CC[C@@H]2CCN[C@@H]2C1. The Kier molecular flexibility index (Phi) is 3.69. The molecule has 2 amide bonds. The predicted octanol–water partition coefficient (Wildman–Crippen LogP) is 1.04. The maximum Gasteiger partial charge on any atom is 0.317 e. The molecule has 0 aromatic carbocycles. The Morgan fingerprint density at radius 2 is 2.31 bits per heavy atom. The molecule has 2 N–H and O–H groups in total. The highest BCUT2D eigenvalue weighted by atomic mass is 16.2. The standard InChI is InChI=1S/C12H23N3O/c1-9(2)7-14-12(16)15-6-4-10-3-5-13-11(10)8-15/h9-11,13H,3-8H2,1-2H3,(H,14,16)/t10-,11+/m0/s1. The van der Waals surface area contributed by atoms with Crippen LogP contribution in [0.25, 0.3) is 0 Å². The van der Waals surface area contributed by atoms with Gasteiger partial charge < -0.3 is 15.5 Å². The third-order valence-corrected chi connectivity index (χ3v) is 3.63. The molecule has 0 aromatic heterocycles. The Hall–Kier alpha value is -0.770. The molecule has 0 unspecified atom stereocenters. The Morgan fingerprint density at radius 1 is 1.50 bits per heavy atom. The number of likely N-dealkylation sites (tertiary alicyclic amines) is 1. The average Bonchev–Trinajstić information content (AvgIpc) is 2.72. The number of nitrogens with one attached hydrogen (secondary N) is 2. The molecular weight excluding hydrogens is 202 g/mol. The van der Waals surface area contributed by atoms with Crippen LogP contribution in [0.1, 0.15) is 26.7 Å². The summed E-state index contributed by atoms with van der Waals surface area (Å²) in [7, 11) is 0. The lowest BCUT2D eigenvalue weighted by Gasteiger charge is -2.35. The normalized spacial score (nSPS) is 29.3. The fourth-order valence-electron chi connectivity index (χ4n) is 2.62. The second kappa shape index (κ2) is 5.04. The second-order valence-corrected chi connectivity index (χ2v) is 5.42. The highest BCUT2D eigenvalue weighted by molar-refractivity contribution is 5.74. The molecule has 4 nitrogen and oxygen atoms in total. The van der Waals surface area contributed by atoms with E-state index in [1.54, 1.807) is 0 Å². The molecule has 2 fully saturated rings. The molecule has 16 heavy (non-hydrogen) atoms. The fourth-order valence-corrected chi connectivity index (χ4v) is 2.62. The fraction of sp³-hybridized carbons (Fsp3) is 0.917. The first kappa shape index (κ1) is 11.7. The summed E-state index contributed by atoms with van der Waals surface area (Å²) in [5, 5.41) is 6.48. The van der Waals surface area contributed by atoms with Gasteiger partial charge in [-0.15, -0.1) is 0 Å². The van der Waals surface area contributed by atoms with E-state index in [1.165, 1.54) is 6.42 Å². The highest BCUT2D eigenvalue weighted by Gasteiger charge is 2.34. The van der Waals surface area contributed by atoms with Gasteiger partial charge in [-0.25, -0.2) is 4.79 Å². The molecule has 2 aliphatic heterocycles. The number of hydrogen-bond acceptors (Lipinski definition) is 2. The zero-order valence-corrected chi connectivity index (χ0v) is 10.3. The van der Waals surface area contributed by atoms with Crippen LogP contribution in [0.5, 0.6) is 0 Å². The minimum Gasteiger partial charge on any atom is -0.338 e. The van der Waals surface area contributed by atoms with Gasteiger partial charge in [-0.3, -0.25) is 0 Å². The minimum absolute atomic E-state index is 0.112. The number of rotatable bonds is 2. The molecule has 0 saturated carbocycles. The summed E-state index contributed by atoms with van der Waals surface area (Å²) >= 11 is 0. The van der Waals surface area contributed by atoms with Gasteiger partial charge in [-0.05, 0) is 31.2 Å². The van der Waals surface area contributed by atoms with Crippen LogP contribution in [-0.2, 0) is 0 Å². The van der Waals surface area contributed by atoms with Crippen molar-refractivity contribution in [3.8, 4) is 0 Å². The summed E-state index contributed by atoms with van der Waals surface area (Å²) in [5.41, 5.74) is 0. The van der Waals surface area contributed by atoms with Crippen LogP contribution >= 0.6 is 0 Å². The van der Waals surface area contributed by atoms with Crippen LogP contribution in [0.2, 0.25) is 0 Å². The van der Waals surface area contributed by atoms with E-state index in [9.17, 15) is 4.79 Å². The van der Waals surface area contributed by atoms with Gasteiger partial charge in [-0.2, -0.15) is 0 Å². The number of urea groups is 1. The molecule has 2 heterocycles. The molecule has 0 aromatic rings. The highest BCUT2D eigenvalue weighted by Crippen LogP contribution is 2.24. The largest absolute Gasteiger partial charge is 0.338 e. The maximum atomic E-state index is 11.9. The van der Waals surface area contributed by atoms with Crippen molar-refractivity contribution in [3.63, 3.8) is 0 Å². The van der Waals surface area contributed by atoms with E-state index in [4.69, 9.17) is 0 Å². The third-order valence-electron chi connectivity index (χ3n) is 3.63. The lowest BCUT2D eigenvalue weighted by molar-refractivity contribution is 0.160. The number of hydrogen-bond donors (Lipinski definition) is 2. The van der Waals surface area contributed by atoms with Crippen LogP contribution in [0.15, 0.2) is 0 Å². The van der Waals surface area contributed by atoms with Gasteiger partial charge in [0.25, 0.3) is 0 Å². The van der Waals surface area contributed by atoms with Gasteiger partial charge in [-0.1, -0.05) is 13.8 Å². The molecule has 2 aliphatic rings. The molecule has 0 spiro atoms. The van der Waals surface area contributed by atoms with Crippen LogP contribution in [0.3, 0.4) is 0 Å². The summed E-state index contributed by atoms with van der Waals surface area (Å²) in [5.74, 6) is 1.32. The topological polar surface area (TPSA) is 44.4 Å². The van der Waals surface area contributed by atoms with Crippen molar-refractivity contribution in [3.05, 3.63) is 0 Å². The maximum absolute atomic E-state index is 11.9. The smallest absolute Gasteiger partial charge is 0.317 e. The van der Waals surface area contributed by atoms with E-state index in [0.717, 1.165) is 38.5 Å². The molecule has 4 heteroatoms. The summed E-state index contributed by atoms with van der Waals surface area (Å²) in [4.78, 5) is 13.8. The second-order valence-electron chi connectivity index (χ2n) is 5.42. The van der Waals surface area contributed by atoms with E-state index < -0.39 is 0 Å². The van der Waals surface area contributed by atoms with Crippen molar-refractivity contribution in [1.82, 2.24) is 15.5 Å². The number of amides is 2. The Bertz CT molecular complexity index is 255. The first-order valence-corrected chi connectivity index (χ1v) is 6.43. The van der Waals surface area contributed by atoms with Crippen molar-refractivity contribution in [2.24, 2.45) is 11.8 Å². The van der Waals surface area contributed by atoms with Crippen molar-refractivity contribution in [2.45, 2.75) is 32.7 Å². The lowest BCUT2D eigenvalue weighted by atomic mass is 9.93. The van der Waals surface area contributed by atoms with E-state index in [1.807, 2.05) is 4.90 Å². The van der Waals surface area contributed by atoms with Crippen LogP contribution in [-0.4, -0.2) is 43.2 Å². The van der Waals surface area contributed by atoms with Crippen molar-refractivity contribution >= 4 is 6.03 Å². The molecule has 0 aliphatic carbocycles. The van der Waals surface area contributed by atoms with E-state index in [-0.39, 0.29) is 6.03 Å². The average molecular weight is 225 g/mol. The Balaban J connectivity index is 1.79. The van der Waals surface area contributed by atoms with Crippen molar-refractivity contribution in [1.29, 1.82) is 0 Å². The van der Waals surface area contributed by atoms with E-state index in [0.29, 0.717) is 12.0 Å². The van der Waals surface area contributed by atoms with Crippen molar-refractivity contribution < 1.29 is 4.79 Å². The van der Waals surface area contributed by atoms with Gasteiger partial charge in [0.15, 0.2) is 0 Å². The molecule has 2 atom stereocenters. The minimum atomic E-state index is 0.112. The number of piperidine rings is 1.